The third-order valence-electron chi connectivity index (χ3n) is 2.87. The molecule has 0 bridgehead atoms. The van der Waals surface area contributed by atoms with Crippen molar-refractivity contribution in [2.45, 2.75) is 12.6 Å². The first kappa shape index (κ1) is 12.6. The fourth-order valence-corrected chi connectivity index (χ4v) is 2.38. The molecule has 1 saturated heterocycles. The Kier molecular flexibility index (Phi) is 4.20. The molecule has 17 heavy (non-hydrogen) atoms. The zero-order chi connectivity index (χ0) is 12.3. The van der Waals surface area contributed by atoms with E-state index in [4.69, 9.17) is 9.47 Å². The van der Waals surface area contributed by atoms with E-state index in [0.29, 0.717) is 13.2 Å². The monoisotopic (exact) mass is 297 g/mol. The fourth-order valence-electron chi connectivity index (χ4n) is 1.81. The Morgan fingerprint density at radius 2 is 2.41 bits per heavy atom. The van der Waals surface area contributed by atoms with Gasteiger partial charge < -0.3 is 14.8 Å². The summed E-state index contributed by atoms with van der Waals surface area (Å²) in [5.41, 5.74) is 2.29. The van der Waals surface area contributed by atoms with Crippen LogP contribution in [0.3, 0.4) is 0 Å². The van der Waals surface area contributed by atoms with Gasteiger partial charge in [0.1, 0.15) is 5.75 Å². The fraction of sp³-hybridized carbons (Fsp3) is 0.385. The highest BCUT2D eigenvalue weighted by molar-refractivity contribution is 9.10. The minimum Gasteiger partial charge on any atom is -0.496 e. The lowest BCUT2D eigenvalue weighted by Crippen LogP contribution is -2.30. The van der Waals surface area contributed by atoms with Crippen molar-refractivity contribution in [2.24, 2.45) is 0 Å². The van der Waals surface area contributed by atoms with Crippen LogP contribution in [0.4, 0.5) is 0 Å². The van der Waals surface area contributed by atoms with Gasteiger partial charge in [0.15, 0.2) is 0 Å². The highest BCUT2D eigenvalue weighted by Gasteiger charge is 2.19. The second kappa shape index (κ2) is 5.67. The van der Waals surface area contributed by atoms with Crippen LogP contribution in [0.5, 0.6) is 5.75 Å². The van der Waals surface area contributed by atoms with Gasteiger partial charge in [-0.1, -0.05) is 18.7 Å². The van der Waals surface area contributed by atoms with Crippen molar-refractivity contribution in [2.75, 3.05) is 20.3 Å². The quantitative estimate of drug-likeness (QED) is 0.866. The summed E-state index contributed by atoms with van der Waals surface area (Å²) >= 11 is 3.55. The molecule has 1 atom stereocenters. The Balaban J connectivity index is 2.01. The van der Waals surface area contributed by atoms with Crippen molar-refractivity contribution in [3.05, 3.63) is 40.4 Å². The van der Waals surface area contributed by atoms with E-state index in [9.17, 15) is 0 Å². The molecular formula is C13H16BrNO2. The second-order valence-electron chi connectivity index (χ2n) is 4.04. The van der Waals surface area contributed by atoms with E-state index < -0.39 is 0 Å². The van der Waals surface area contributed by atoms with Crippen molar-refractivity contribution in [3.63, 3.8) is 0 Å². The van der Waals surface area contributed by atoms with E-state index >= 15 is 0 Å². The molecule has 0 amide bonds. The zero-order valence-corrected chi connectivity index (χ0v) is 11.4. The normalized spacial score (nSPS) is 19.6. The molecule has 1 unspecified atom stereocenters. The minimum absolute atomic E-state index is 0.258. The van der Waals surface area contributed by atoms with Gasteiger partial charge in [-0.3, -0.25) is 0 Å². The lowest BCUT2D eigenvalue weighted by Gasteiger charge is -2.14. The summed E-state index contributed by atoms with van der Waals surface area (Å²) in [6.45, 7) is 6.12. The van der Waals surface area contributed by atoms with Crippen LogP contribution < -0.4 is 10.1 Å². The number of hydrogen-bond acceptors (Lipinski definition) is 3. The van der Waals surface area contributed by atoms with Crippen molar-refractivity contribution in [1.29, 1.82) is 0 Å². The number of ether oxygens (including phenoxy) is 2. The molecule has 1 fully saturated rings. The van der Waals surface area contributed by atoms with Crippen molar-refractivity contribution < 1.29 is 9.47 Å². The van der Waals surface area contributed by atoms with Gasteiger partial charge >= 0.3 is 0 Å². The maximum Gasteiger partial charge on any atom is 0.133 e. The Morgan fingerprint density at radius 3 is 3.06 bits per heavy atom. The van der Waals surface area contributed by atoms with Crippen LogP contribution in [-0.4, -0.2) is 26.4 Å². The maximum atomic E-state index is 5.33. The number of rotatable bonds is 4. The van der Waals surface area contributed by atoms with E-state index in [-0.39, 0.29) is 6.04 Å². The number of benzene rings is 1. The van der Waals surface area contributed by atoms with Gasteiger partial charge in [-0.15, -0.1) is 0 Å². The van der Waals surface area contributed by atoms with Gasteiger partial charge in [0.25, 0.3) is 0 Å². The average molecular weight is 298 g/mol. The Bertz CT molecular complexity index is 420. The topological polar surface area (TPSA) is 30.5 Å². The van der Waals surface area contributed by atoms with Gasteiger partial charge in [-0.05, 0) is 33.1 Å². The van der Waals surface area contributed by atoms with Gasteiger partial charge in [0, 0.05) is 6.54 Å². The Morgan fingerprint density at radius 1 is 1.59 bits per heavy atom. The van der Waals surface area contributed by atoms with Crippen LogP contribution in [0.15, 0.2) is 34.8 Å². The van der Waals surface area contributed by atoms with E-state index in [1.807, 2.05) is 12.1 Å². The number of halogens is 1. The molecule has 4 heteroatoms. The second-order valence-corrected chi connectivity index (χ2v) is 4.83. The molecule has 0 radical (unpaired) electrons. The van der Waals surface area contributed by atoms with Crippen LogP contribution in [-0.2, 0) is 11.3 Å². The van der Waals surface area contributed by atoms with Crippen molar-refractivity contribution in [3.8, 4) is 5.75 Å². The average Bonchev–Trinajstić information content (AvgIpc) is 2.74. The molecule has 0 saturated carbocycles. The smallest absolute Gasteiger partial charge is 0.133 e. The van der Waals surface area contributed by atoms with Crippen LogP contribution in [0.25, 0.3) is 0 Å². The molecule has 3 nitrogen and oxygen atoms in total. The molecule has 2 rings (SSSR count). The predicted molar refractivity (Wildman–Crippen MR) is 71.3 cm³/mol. The summed E-state index contributed by atoms with van der Waals surface area (Å²) in [7, 11) is 1.67. The standard InChI is InChI=1S/C13H16BrNO2/c1-9-7-17-8-11(9)15-6-10-4-3-5-12(16-2)13(10)14/h3-5,11,15H,1,6-8H2,2H3. The van der Waals surface area contributed by atoms with Crippen LogP contribution in [0.1, 0.15) is 5.56 Å². The molecule has 1 heterocycles. The zero-order valence-electron chi connectivity index (χ0n) is 9.83. The van der Waals surface area contributed by atoms with E-state index in [1.54, 1.807) is 7.11 Å². The molecular weight excluding hydrogens is 282 g/mol. The molecule has 0 aromatic heterocycles. The van der Waals surface area contributed by atoms with E-state index in [2.05, 4.69) is 33.9 Å². The minimum atomic E-state index is 0.258. The molecule has 1 aliphatic heterocycles. The first-order valence-corrected chi connectivity index (χ1v) is 6.32. The molecule has 1 aromatic carbocycles. The SMILES string of the molecule is C=C1COCC1NCc1cccc(OC)c1Br. The Hall–Kier alpha value is -0.840. The summed E-state index contributed by atoms with van der Waals surface area (Å²) in [6.07, 6.45) is 0. The lowest BCUT2D eigenvalue weighted by atomic mass is 10.1. The van der Waals surface area contributed by atoms with Gasteiger partial charge in [-0.2, -0.15) is 0 Å². The highest BCUT2D eigenvalue weighted by Crippen LogP contribution is 2.28. The van der Waals surface area contributed by atoms with Crippen molar-refractivity contribution in [1.82, 2.24) is 5.32 Å². The van der Waals surface area contributed by atoms with Crippen LogP contribution in [0, 0.1) is 0 Å². The number of hydrogen-bond donors (Lipinski definition) is 1. The summed E-state index contributed by atoms with van der Waals surface area (Å²) in [6, 6.07) is 6.25. The largest absolute Gasteiger partial charge is 0.496 e. The third-order valence-corrected chi connectivity index (χ3v) is 3.77. The molecule has 92 valence electrons. The number of nitrogens with one attached hydrogen (secondary N) is 1. The molecule has 0 aliphatic carbocycles. The summed E-state index contributed by atoms with van der Waals surface area (Å²) in [5.74, 6) is 0.853. The first-order valence-electron chi connectivity index (χ1n) is 5.52. The Labute approximate surface area is 110 Å². The maximum absolute atomic E-state index is 5.33. The predicted octanol–water partition coefficient (Wildman–Crippen LogP) is 2.50. The highest BCUT2D eigenvalue weighted by atomic mass is 79.9. The summed E-state index contributed by atoms with van der Waals surface area (Å²) < 4.78 is 11.6. The molecule has 1 aliphatic rings. The first-order chi connectivity index (χ1) is 8.22. The molecule has 1 aromatic rings. The van der Waals surface area contributed by atoms with Crippen LogP contribution in [0.2, 0.25) is 0 Å². The number of methoxy groups -OCH3 is 1. The van der Waals surface area contributed by atoms with Gasteiger partial charge in [0.2, 0.25) is 0 Å². The van der Waals surface area contributed by atoms with Gasteiger partial charge in [-0.25, -0.2) is 0 Å². The van der Waals surface area contributed by atoms with Crippen LogP contribution >= 0.6 is 15.9 Å². The summed E-state index contributed by atoms with van der Waals surface area (Å²) in [4.78, 5) is 0. The molecule has 0 spiro atoms. The van der Waals surface area contributed by atoms with E-state index in [1.165, 1.54) is 5.56 Å². The van der Waals surface area contributed by atoms with E-state index in [0.717, 1.165) is 22.3 Å². The summed E-state index contributed by atoms with van der Waals surface area (Å²) in [5, 5.41) is 3.43. The molecule has 1 N–H and O–H groups in total. The van der Waals surface area contributed by atoms with Crippen molar-refractivity contribution >= 4 is 15.9 Å². The third kappa shape index (κ3) is 2.89. The van der Waals surface area contributed by atoms with Gasteiger partial charge in [0.05, 0.1) is 30.8 Å². The lowest BCUT2D eigenvalue weighted by molar-refractivity contribution is 0.193.